The number of carbonyl (C=O) groups excluding carboxylic acids is 1. The first-order valence-electron chi connectivity index (χ1n) is 6.93. The summed E-state index contributed by atoms with van der Waals surface area (Å²) in [7, 11) is 0. The number of hydrogen-bond donors (Lipinski definition) is 2. The van der Waals surface area contributed by atoms with Gasteiger partial charge in [-0.1, -0.05) is 12.1 Å². The zero-order valence-electron chi connectivity index (χ0n) is 11.3. The molecule has 0 aliphatic heterocycles. The van der Waals surface area contributed by atoms with Gasteiger partial charge in [-0.2, -0.15) is 0 Å². The molecule has 1 saturated carbocycles. The molecule has 19 heavy (non-hydrogen) atoms. The lowest BCUT2D eigenvalue weighted by molar-refractivity contribution is -0.121. The Morgan fingerprint density at radius 3 is 2.68 bits per heavy atom. The van der Waals surface area contributed by atoms with Gasteiger partial charge in [-0.3, -0.25) is 4.79 Å². The number of hydrogen-bond acceptors (Lipinski definition) is 2. The maximum absolute atomic E-state index is 12.8. The first-order valence-corrected chi connectivity index (χ1v) is 6.93. The maximum atomic E-state index is 12.8. The highest BCUT2D eigenvalue weighted by molar-refractivity contribution is 5.76. The van der Waals surface area contributed by atoms with Crippen LogP contribution in [0.2, 0.25) is 0 Å². The molecule has 0 saturated heterocycles. The van der Waals surface area contributed by atoms with Crippen LogP contribution in [0.5, 0.6) is 0 Å². The Morgan fingerprint density at radius 1 is 1.37 bits per heavy atom. The second-order valence-corrected chi connectivity index (χ2v) is 5.17. The van der Waals surface area contributed by atoms with Crippen LogP contribution >= 0.6 is 0 Å². The van der Waals surface area contributed by atoms with Gasteiger partial charge in [0.25, 0.3) is 0 Å². The van der Waals surface area contributed by atoms with E-state index in [0.29, 0.717) is 12.5 Å². The van der Waals surface area contributed by atoms with E-state index in [4.69, 9.17) is 0 Å². The van der Waals surface area contributed by atoms with Crippen LogP contribution in [0.4, 0.5) is 4.39 Å². The highest BCUT2D eigenvalue weighted by Crippen LogP contribution is 2.18. The third-order valence-corrected chi connectivity index (χ3v) is 3.34. The van der Waals surface area contributed by atoms with Crippen LogP contribution in [0.1, 0.15) is 44.2 Å². The van der Waals surface area contributed by atoms with Crippen molar-refractivity contribution in [1.29, 1.82) is 0 Å². The van der Waals surface area contributed by atoms with Gasteiger partial charge >= 0.3 is 0 Å². The van der Waals surface area contributed by atoms with Gasteiger partial charge in [0.15, 0.2) is 0 Å². The van der Waals surface area contributed by atoms with Crippen molar-refractivity contribution < 1.29 is 9.18 Å². The van der Waals surface area contributed by atoms with E-state index in [2.05, 4.69) is 10.6 Å². The van der Waals surface area contributed by atoms with Crippen LogP contribution in [-0.4, -0.2) is 18.5 Å². The zero-order valence-corrected chi connectivity index (χ0v) is 11.3. The van der Waals surface area contributed by atoms with Crippen molar-refractivity contribution in [1.82, 2.24) is 10.6 Å². The standard InChI is InChI=1S/C15H21FN2O/c1-11(12-4-6-13(16)7-5-12)17-10-2-3-15(19)18-14-8-9-14/h4-7,11,14,17H,2-3,8-10H2,1H3,(H,18,19). The average Bonchev–Trinajstić information content (AvgIpc) is 3.19. The molecule has 0 spiro atoms. The molecule has 1 amide bonds. The first kappa shape index (κ1) is 14.0. The van der Waals surface area contributed by atoms with Crippen LogP contribution < -0.4 is 10.6 Å². The van der Waals surface area contributed by atoms with Crippen LogP contribution in [0.25, 0.3) is 0 Å². The predicted molar refractivity (Wildman–Crippen MR) is 73.2 cm³/mol. The molecule has 1 aliphatic carbocycles. The second kappa shape index (κ2) is 6.66. The fourth-order valence-corrected chi connectivity index (χ4v) is 1.96. The molecular weight excluding hydrogens is 243 g/mol. The van der Waals surface area contributed by atoms with Crippen molar-refractivity contribution in [3.8, 4) is 0 Å². The number of rotatable bonds is 7. The molecule has 3 nitrogen and oxygen atoms in total. The molecular formula is C15H21FN2O. The molecule has 2 rings (SSSR count). The van der Waals surface area contributed by atoms with E-state index in [9.17, 15) is 9.18 Å². The zero-order chi connectivity index (χ0) is 13.7. The van der Waals surface area contributed by atoms with Crippen LogP contribution in [-0.2, 0) is 4.79 Å². The summed E-state index contributed by atoms with van der Waals surface area (Å²) in [5.41, 5.74) is 1.06. The lowest BCUT2D eigenvalue weighted by atomic mass is 10.1. The Morgan fingerprint density at radius 2 is 2.05 bits per heavy atom. The predicted octanol–water partition coefficient (Wildman–Crippen LogP) is 2.54. The van der Waals surface area contributed by atoms with Crippen molar-refractivity contribution >= 4 is 5.91 Å². The molecule has 0 radical (unpaired) electrons. The van der Waals surface area contributed by atoms with Gasteiger partial charge in [0.05, 0.1) is 0 Å². The van der Waals surface area contributed by atoms with Gasteiger partial charge in [0, 0.05) is 18.5 Å². The molecule has 0 bridgehead atoms. The first-order chi connectivity index (χ1) is 9.15. The molecule has 1 aliphatic rings. The van der Waals surface area contributed by atoms with Gasteiger partial charge in [0.2, 0.25) is 5.91 Å². The Kier molecular flexibility index (Phi) is 4.91. The summed E-state index contributed by atoms with van der Waals surface area (Å²) < 4.78 is 12.8. The molecule has 1 fully saturated rings. The molecule has 104 valence electrons. The largest absolute Gasteiger partial charge is 0.353 e. The Bertz CT molecular complexity index is 415. The highest BCUT2D eigenvalue weighted by atomic mass is 19.1. The molecule has 1 unspecified atom stereocenters. The van der Waals surface area contributed by atoms with Crippen molar-refractivity contribution in [3.05, 3.63) is 35.6 Å². The lowest BCUT2D eigenvalue weighted by Crippen LogP contribution is -2.27. The Hall–Kier alpha value is -1.42. The van der Waals surface area contributed by atoms with Gasteiger partial charge in [-0.15, -0.1) is 0 Å². The summed E-state index contributed by atoms with van der Waals surface area (Å²) in [5, 5.41) is 6.31. The van der Waals surface area contributed by atoms with Crippen molar-refractivity contribution in [2.75, 3.05) is 6.54 Å². The van der Waals surface area contributed by atoms with Gasteiger partial charge in [-0.05, 0) is 50.4 Å². The van der Waals surface area contributed by atoms with E-state index in [1.807, 2.05) is 6.92 Å². The van der Waals surface area contributed by atoms with Crippen LogP contribution in [0.3, 0.4) is 0 Å². The monoisotopic (exact) mass is 264 g/mol. The smallest absolute Gasteiger partial charge is 0.220 e. The fraction of sp³-hybridized carbons (Fsp3) is 0.533. The minimum absolute atomic E-state index is 0.152. The van der Waals surface area contributed by atoms with Crippen molar-refractivity contribution in [3.63, 3.8) is 0 Å². The molecule has 0 aromatic heterocycles. The van der Waals surface area contributed by atoms with Crippen LogP contribution in [0, 0.1) is 5.82 Å². The van der Waals surface area contributed by atoms with Gasteiger partial charge in [0.1, 0.15) is 5.82 Å². The van der Waals surface area contributed by atoms with E-state index in [0.717, 1.165) is 31.4 Å². The van der Waals surface area contributed by atoms with Crippen molar-refractivity contribution in [2.45, 2.75) is 44.7 Å². The van der Waals surface area contributed by atoms with E-state index >= 15 is 0 Å². The van der Waals surface area contributed by atoms with E-state index in [1.165, 1.54) is 12.1 Å². The highest BCUT2D eigenvalue weighted by Gasteiger charge is 2.22. The van der Waals surface area contributed by atoms with E-state index < -0.39 is 0 Å². The lowest BCUT2D eigenvalue weighted by Gasteiger charge is -2.14. The topological polar surface area (TPSA) is 41.1 Å². The number of benzene rings is 1. The number of halogens is 1. The van der Waals surface area contributed by atoms with Gasteiger partial charge < -0.3 is 10.6 Å². The molecule has 1 atom stereocenters. The molecule has 0 heterocycles. The summed E-state index contributed by atoms with van der Waals surface area (Å²) >= 11 is 0. The maximum Gasteiger partial charge on any atom is 0.220 e. The Labute approximate surface area is 113 Å². The van der Waals surface area contributed by atoms with Crippen molar-refractivity contribution in [2.24, 2.45) is 0 Å². The number of nitrogens with one attached hydrogen (secondary N) is 2. The summed E-state index contributed by atoms with van der Waals surface area (Å²) in [6.07, 6.45) is 3.65. The molecule has 1 aromatic rings. The van der Waals surface area contributed by atoms with E-state index in [-0.39, 0.29) is 17.8 Å². The summed E-state index contributed by atoms with van der Waals surface area (Å²) in [4.78, 5) is 11.5. The van der Waals surface area contributed by atoms with Gasteiger partial charge in [-0.25, -0.2) is 4.39 Å². The minimum Gasteiger partial charge on any atom is -0.353 e. The average molecular weight is 264 g/mol. The molecule has 2 N–H and O–H groups in total. The normalized spacial score (nSPS) is 16.1. The summed E-state index contributed by atoms with van der Waals surface area (Å²) in [6.45, 7) is 2.83. The minimum atomic E-state index is -0.215. The third kappa shape index (κ3) is 4.99. The van der Waals surface area contributed by atoms with E-state index in [1.54, 1.807) is 12.1 Å². The quantitative estimate of drug-likeness (QED) is 0.743. The summed E-state index contributed by atoms with van der Waals surface area (Å²) in [5.74, 6) is -0.0635. The molecule has 1 aromatic carbocycles. The number of carbonyl (C=O) groups is 1. The fourth-order valence-electron chi connectivity index (χ4n) is 1.96. The van der Waals surface area contributed by atoms with Crippen LogP contribution in [0.15, 0.2) is 24.3 Å². The third-order valence-electron chi connectivity index (χ3n) is 3.34. The summed E-state index contributed by atoms with van der Waals surface area (Å²) in [6, 6.07) is 7.12. The molecule has 4 heteroatoms. The second-order valence-electron chi connectivity index (χ2n) is 5.17. The number of amides is 1. The SMILES string of the molecule is CC(NCCCC(=O)NC1CC1)c1ccc(F)cc1. The Balaban J connectivity index is 1.61.